The van der Waals surface area contributed by atoms with Crippen LogP contribution in [0.25, 0.3) is 21.7 Å². The number of hydrogen-bond donors (Lipinski definition) is 3. The molecule has 10 nitrogen and oxygen atoms in total. The third-order valence-electron chi connectivity index (χ3n) is 9.02. The molecule has 2 heterocycles. The molecule has 11 heteroatoms. The summed E-state index contributed by atoms with van der Waals surface area (Å²) in [5.41, 5.74) is 0.172. The van der Waals surface area contributed by atoms with Crippen LogP contribution in [0.4, 0.5) is 5.69 Å². The van der Waals surface area contributed by atoms with Crippen molar-refractivity contribution in [3.63, 3.8) is 0 Å². The maximum Gasteiger partial charge on any atom is 0.278 e. The fraction of sp³-hybridized carbons (Fsp3) is 0.294. The van der Waals surface area contributed by atoms with E-state index in [2.05, 4.69) is 20.0 Å². The van der Waals surface area contributed by atoms with Crippen LogP contribution in [0.5, 0.6) is 0 Å². The molecule has 0 bridgehead atoms. The number of sulfonamides is 1. The Kier molecular flexibility index (Phi) is 8.15. The summed E-state index contributed by atoms with van der Waals surface area (Å²) in [6, 6.07) is 22.3. The number of aromatic nitrogens is 2. The fourth-order valence-corrected chi connectivity index (χ4v) is 8.33. The molecule has 1 aliphatic carbocycles. The number of nitrogens with zero attached hydrogens (tertiary/aromatic N) is 2. The molecule has 3 aromatic carbocycles. The highest BCUT2D eigenvalue weighted by atomic mass is 32.2. The summed E-state index contributed by atoms with van der Waals surface area (Å²) in [7, 11) is -4.45. The molecule has 2 aromatic heterocycles. The van der Waals surface area contributed by atoms with Gasteiger partial charge in [-0.15, -0.1) is 0 Å². The molecule has 1 atom stereocenters. The number of fused-ring (bicyclic) bond motifs is 2. The fourth-order valence-electron chi connectivity index (χ4n) is 6.71. The molecule has 45 heavy (non-hydrogen) atoms. The zero-order chi connectivity index (χ0) is 31.7. The van der Waals surface area contributed by atoms with Crippen LogP contribution in [0, 0.1) is 10.1 Å². The number of amides is 1. The molecule has 232 valence electrons. The largest absolute Gasteiger partial charge is 0.361 e. The van der Waals surface area contributed by atoms with Crippen molar-refractivity contribution < 1.29 is 18.1 Å². The van der Waals surface area contributed by atoms with Crippen LogP contribution >= 0.6 is 0 Å². The van der Waals surface area contributed by atoms with Gasteiger partial charge in [0.1, 0.15) is 5.54 Å². The molecule has 1 saturated carbocycles. The average Bonchev–Trinajstić information content (AvgIpc) is 3.45. The van der Waals surface area contributed by atoms with Crippen molar-refractivity contribution in [1.29, 1.82) is 0 Å². The van der Waals surface area contributed by atoms with E-state index >= 15 is 0 Å². The molecule has 3 N–H and O–H groups in total. The third-order valence-corrected chi connectivity index (χ3v) is 10.7. The summed E-state index contributed by atoms with van der Waals surface area (Å²) in [6.07, 6.45) is 8.40. The molecule has 1 amide bonds. The zero-order valence-corrected chi connectivity index (χ0v) is 25.8. The Morgan fingerprint density at radius 2 is 1.73 bits per heavy atom. The van der Waals surface area contributed by atoms with Crippen LogP contribution in [0.2, 0.25) is 0 Å². The lowest BCUT2D eigenvalue weighted by atomic mass is 9.71. The first-order valence-electron chi connectivity index (χ1n) is 15.1. The monoisotopic (exact) mass is 625 g/mol. The lowest BCUT2D eigenvalue weighted by Gasteiger charge is -2.38. The van der Waals surface area contributed by atoms with Gasteiger partial charge in [-0.3, -0.25) is 19.9 Å². The van der Waals surface area contributed by atoms with Crippen molar-refractivity contribution in [2.24, 2.45) is 0 Å². The Hall–Kier alpha value is -4.61. The topological polar surface area (TPSA) is 147 Å². The van der Waals surface area contributed by atoms with Gasteiger partial charge >= 0.3 is 0 Å². The van der Waals surface area contributed by atoms with E-state index in [0.29, 0.717) is 11.9 Å². The SMILES string of the molecule is CC(Cc1c[nH]c2ccccc12)(NS(=O)(=O)c1cccc2cccc([N+](=O)[O-])c12)C(=O)NCC1(c2ccccn2)CCCCC1. The normalized spacial score (nSPS) is 16.3. The molecular weight excluding hydrogens is 590 g/mol. The van der Waals surface area contributed by atoms with Gasteiger partial charge in [-0.05, 0) is 55.0 Å². The van der Waals surface area contributed by atoms with Gasteiger partial charge in [0.05, 0.1) is 15.2 Å². The number of non-ortho nitro benzene ring substituents is 1. The van der Waals surface area contributed by atoms with Crippen LogP contribution in [-0.4, -0.2) is 41.3 Å². The molecule has 0 aliphatic heterocycles. The first-order valence-corrected chi connectivity index (χ1v) is 16.6. The number of H-pyrrole nitrogens is 1. The molecule has 1 aliphatic rings. The number of nitro benzene ring substituents is 1. The summed E-state index contributed by atoms with van der Waals surface area (Å²) in [5.74, 6) is -0.494. The third kappa shape index (κ3) is 5.93. The number of carbonyl (C=O) groups excluding carboxylic acids is 1. The van der Waals surface area contributed by atoms with E-state index in [1.807, 2.05) is 42.5 Å². The first-order chi connectivity index (χ1) is 21.6. The summed E-state index contributed by atoms with van der Waals surface area (Å²) >= 11 is 0. The molecule has 1 fully saturated rings. The van der Waals surface area contributed by atoms with Crippen LogP contribution in [0.1, 0.15) is 50.3 Å². The lowest BCUT2D eigenvalue weighted by Crippen LogP contribution is -2.59. The van der Waals surface area contributed by atoms with Gasteiger partial charge < -0.3 is 10.3 Å². The molecule has 1 unspecified atom stereocenters. The second-order valence-corrected chi connectivity index (χ2v) is 13.8. The van der Waals surface area contributed by atoms with Crippen LogP contribution < -0.4 is 10.0 Å². The first kappa shape index (κ1) is 30.4. The number of benzene rings is 3. The van der Waals surface area contributed by atoms with Gasteiger partial charge in [-0.2, -0.15) is 4.72 Å². The number of pyridine rings is 1. The molecular formula is C34H35N5O5S. The van der Waals surface area contributed by atoms with Crippen molar-refractivity contribution in [2.75, 3.05) is 6.54 Å². The number of nitro groups is 1. The minimum absolute atomic E-state index is 0.0105. The van der Waals surface area contributed by atoms with Gasteiger partial charge in [-0.25, -0.2) is 8.42 Å². The lowest BCUT2D eigenvalue weighted by molar-refractivity contribution is -0.383. The van der Waals surface area contributed by atoms with Gasteiger partial charge in [0.2, 0.25) is 15.9 Å². The molecule has 0 radical (unpaired) electrons. The van der Waals surface area contributed by atoms with E-state index in [1.54, 1.807) is 31.5 Å². The van der Waals surface area contributed by atoms with E-state index in [9.17, 15) is 23.3 Å². The number of aromatic amines is 1. The Labute approximate surface area is 261 Å². The Bertz CT molecular complexity index is 1980. The maximum absolute atomic E-state index is 14.3. The number of para-hydroxylation sites is 1. The molecule has 0 saturated heterocycles. The van der Waals surface area contributed by atoms with Gasteiger partial charge in [-0.1, -0.05) is 67.8 Å². The standard InChI is InChI=1S/C34H35N5O5S/c1-33(21-25-22-36-27-14-4-3-13-26(25)27,32(40)37-23-34(18-6-2-7-19-34)30-17-5-8-20-35-30)38-45(43,44)29-16-10-12-24-11-9-15-28(31(24)29)39(41)42/h3-5,8-17,20,22,36,38H,2,6-7,18-19,21,23H2,1H3,(H,37,40). The number of rotatable bonds is 10. The average molecular weight is 626 g/mol. The predicted molar refractivity (Wildman–Crippen MR) is 173 cm³/mol. The number of nitrogens with one attached hydrogen (secondary N) is 3. The Morgan fingerprint density at radius 1 is 1.00 bits per heavy atom. The van der Waals surface area contributed by atoms with E-state index in [4.69, 9.17) is 0 Å². The summed E-state index contributed by atoms with van der Waals surface area (Å²) in [6.45, 7) is 1.86. The van der Waals surface area contributed by atoms with E-state index in [1.165, 1.54) is 24.3 Å². The van der Waals surface area contributed by atoms with Crippen molar-refractivity contribution in [3.05, 3.63) is 113 Å². The van der Waals surface area contributed by atoms with Crippen LogP contribution in [-0.2, 0) is 26.7 Å². The zero-order valence-electron chi connectivity index (χ0n) is 25.0. The van der Waals surface area contributed by atoms with E-state index in [-0.39, 0.29) is 27.8 Å². The summed E-state index contributed by atoms with van der Waals surface area (Å²) in [5, 5.41) is 16.3. The smallest absolute Gasteiger partial charge is 0.278 e. The van der Waals surface area contributed by atoms with E-state index in [0.717, 1.165) is 54.3 Å². The van der Waals surface area contributed by atoms with Crippen molar-refractivity contribution >= 4 is 43.3 Å². The predicted octanol–water partition coefficient (Wildman–Crippen LogP) is 5.92. The van der Waals surface area contributed by atoms with Crippen molar-refractivity contribution in [3.8, 4) is 0 Å². The highest BCUT2D eigenvalue weighted by molar-refractivity contribution is 7.89. The highest BCUT2D eigenvalue weighted by Gasteiger charge is 2.42. The highest BCUT2D eigenvalue weighted by Crippen LogP contribution is 2.38. The van der Waals surface area contributed by atoms with Gasteiger partial charge in [0.15, 0.2) is 0 Å². The maximum atomic E-state index is 14.3. The quantitative estimate of drug-likeness (QED) is 0.130. The number of carbonyl (C=O) groups is 1. The van der Waals surface area contributed by atoms with Gasteiger partial charge in [0, 0.05) is 53.4 Å². The van der Waals surface area contributed by atoms with Crippen molar-refractivity contribution in [2.45, 2.75) is 61.3 Å². The minimum atomic E-state index is -4.45. The van der Waals surface area contributed by atoms with Gasteiger partial charge in [0.25, 0.3) is 5.69 Å². The molecule has 6 rings (SSSR count). The second-order valence-electron chi connectivity index (χ2n) is 12.1. The Balaban J connectivity index is 1.39. The minimum Gasteiger partial charge on any atom is -0.361 e. The number of hydrogen-bond acceptors (Lipinski definition) is 6. The van der Waals surface area contributed by atoms with Crippen molar-refractivity contribution in [1.82, 2.24) is 20.0 Å². The van der Waals surface area contributed by atoms with E-state index < -0.39 is 26.4 Å². The summed E-state index contributed by atoms with van der Waals surface area (Å²) < 4.78 is 31.1. The molecule has 5 aromatic rings. The molecule has 0 spiro atoms. The van der Waals surface area contributed by atoms with Crippen LogP contribution in [0.15, 0.2) is 96.2 Å². The van der Waals surface area contributed by atoms with Crippen LogP contribution in [0.3, 0.4) is 0 Å². The Morgan fingerprint density at radius 3 is 2.47 bits per heavy atom. The second kappa shape index (κ2) is 12.1. The summed E-state index contributed by atoms with van der Waals surface area (Å²) in [4.78, 5) is 33.2.